The molecule has 0 fully saturated rings. The molecule has 8 aromatic rings. The third-order valence-corrected chi connectivity index (χ3v) is 9.50. The van der Waals surface area contributed by atoms with Crippen molar-refractivity contribution < 1.29 is 4.42 Å². The first-order chi connectivity index (χ1) is 25.4. The summed E-state index contributed by atoms with van der Waals surface area (Å²) < 4.78 is 6.39. The van der Waals surface area contributed by atoms with Crippen molar-refractivity contribution in [3.05, 3.63) is 91.0 Å². The first kappa shape index (κ1) is 34.8. The van der Waals surface area contributed by atoms with Gasteiger partial charge in [0.1, 0.15) is 89.6 Å². The van der Waals surface area contributed by atoms with Gasteiger partial charge in [-0.3, -0.25) is 0 Å². The molecule has 0 bridgehead atoms. The fraction of sp³-hybridized carbons (Fsp3) is 0. The van der Waals surface area contributed by atoms with Crippen molar-refractivity contribution in [1.82, 2.24) is 15.0 Å². The molecular formula is C39H15B10N3O. The highest BCUT2D eigenvalue weighted by molar-refractivity contribution is 6.70. The van der Waals surface area contributed by atoms with Gasteiger partial charge in [0.2, 0.25) is 0 Å². The Morgan fingerprint density at radius 1 is 0.358 bits per heavy atom. The number of furan rings is 1. The Bertz CT molecular complexity index is 2750. The summed E-state index contributed by atoms with van der Waals surface area (Å²) in [5, 5.41) is 1.60. The molecule has 8 rings (SSSR count). The van der Waals surface area contributed by atoms with E-state index >= 15 is 0 Å². The van der Waals surface area contributed by atoms with Gasteiger partial charge in [0, 0.05) is 27.5 Å². The molecule has 0 unspecified atom stereocenters. The third-order valence-electron chi connectivity index (χ3n) is 9.50. The Kier molecular flexibility index (Phi) is 8.76. The summed E-state index contributed by atoms with van der Waals surface area (Å²) in [4.78, 5) is 14.9. The van der Waals surface area contributed by atoms with Crippen molar-refractivity contribution in [3.63, 3.8) is 0 Å². The molecule has 0 saturated heterocycles. The number of benzene rings is 6. The molecule has 0 N–H and O–H groups in total. The second-order valence-electron chi connectivity index (χ2n) is 12.6. The van der Waals surface area contributed by atoms with Gasteiger partial charge in [-0.25, -0.2) is 15.0 Å². The number of aromatic nitrogens is 3. The minimum absolute atomic E-state index is 0.139. The Balaban J connectivity index is 1.32. The lowest BCUT2D eigenvalue weighted by Gasteiger charge is -2.21. The first-order valence-corrected chi connectivity index (χ1v) is 16.4. The summed E-state index contributed by atoms with van der Waals surface area (Å²) in [5.41, 5.74) is 7.47. The smallest absolute Gasteiger partial charge is 0.164 e. The molecule has 0 aliphatic rings. The molecule has 4 nitrogen and oxygen atoms in total. The van der Waals surface area contributed by atoms with E-state index in [1.54, 1.807) is 0 Å². The van der Waals surface area contributed by atoms with Gasteiger partial charge in [0.25, 0.3) is 0 Å². The quantitative estimate of drug-likeness (QED) is 0.204. The van der Waals surface area contributed by atoms with Crippen LogP contribution in [0.3, 0.4) is 0 Å². The molecule has 2 aromatic heterocycles. The van der Waals surface area contributed by atoms with Crippen LogP contribution in [0.2, 0.25) is 0 Å². The van der Waals surface area contributed by atoms with E-state index in [0.29, 0.717) is 56.5 Å². The van der Waals surface area contributed by atoms with Gasteiger partial charge in [-0.2, -0.15) is 0 Å². The Hall–Kier alpha value is -5.22. The summed E-state index contributed by atoms with van der Waals surface area (Å²) in [6.45, 7) is 0. The lowest BCUT2D eigenvalue weighted by molar-refractivity contribution is 0.669. The molecule has 0 atom stereocenters. The van der Waals surface area contributed by atoms with E-state index < -0.39 is 0 Å². The van der Waals surface area contributed by atoms with Gasteiger partial charge < -0.3 is 4.42 Å². The van der Waals surface area contributed by atoms with Crippen molar-refractivity contribution in [3.8, 4) is 56.4 Å². The number of nitrogens with zero attached hydrogens (tertiary/aromatic N) is 3. The second-order valence-corrected chi connectivity index (χ2v) is 12.6. The SMILES string of the molecule is [B]c1c([B])c([B])c(-c2cccc(-c3nc(-c4ccccc4)nc(-c4cccc5oc6cc(-c7c([B])c([B])c([B])c([B])c7[B])ccc6c45)n3)c2)c([B])c1[B]. The van der Waals surface area contributed by atoms with Crippen LogP contribution in [-0.2, 0) is 0 Å². The first-order valence-electron chi connectivity index (χ1n) is 16.4. The van der Waals surface area contributed by atoms with Crippen LogP contribution in [0, 0.1) is 0 Å². The van der Waals surface area contributed by atoms with E-state index in [4.69, 9.17) is 97.8 Å². The van der Waals surface area contributed by atoms with Crippen LogP contribution < -0.4 is 54.6 Å². The zero-order valence-electron chi connectivity index (χ0n) is 28.2. The average molecular weight is 650 g/mol. The maximum absolute atomic E-state index is 6.42. The highest BCUT2D eigenvalue weighted by Crippen LogP contribution is 2.38. The molecule has 0 aliphatic heterocycles. The number of hydrogen-bond donors (Lipinski definition) is 0. The van der Waals surface area contributed by atoms with Crippen LogP contribution in [0.4, 0.5) is 0 Å². The molecule has 0 amide bonds. The highest BCUT2D eigenvalue weighted by Gasteiger charge is 2.20. The number of rotatable bonds is 5. The molecule has 20 radical (unpaired) electrons. The van der Waals surface area contributed by atoms with E-state index in [-0.39, 0.29) is 54.6 Å². The maximum Gasteiger partial charge on any atom is 0.164 e. The molecule has 0 saturated carbocycles. The van der Waals surface area contributed by atoms with Crippen molar-refractivity contribution in [2.24, 2.45) is 0 Å². The summed E-state index contributed by atoms with van der Waals surface area (Å²) in [7, 11) is 62.4. The molecule has 53 heavy (non-hydrogen) atoms. The molecule has 2 heterocycles. The molecule has 0 spiro atoms. The zero-order valence-corrected chi connectivity index (χ0v) is 28.2. The van der Waals surface area contributed by atoms with Crippen molar-refractivity contribution >= 4 is 155 Å². The van der Waals surface area contributed by atoms with Gasteiger partial charge in [-0.1, -0.05) is 88.6 Å². The van der Waals surface area contributed by atoms with E-state index in [1.165, 1.54) is 0 Å². The van der Waals surface area contributed by atoms with E-state index in [1.807, 2.05) is 91.0 Å². The van der Waals surface area contributed by atoms with Crippen molar-refractivity contribution in [2.45, 2.75) is 0 Å². The van der Waals surface area contributed by atoms with Crippen LogP contribution in [0.25, 0.3) is 78.4 Å². The normalized spacial score (nSPS) is 11.4. The third kappa shape index (κ3) is 5.74. The van der Waals surface area contributed by atoms with Crippen molar-refractivity contribution in [1.29, 1.82) is 0 Å². The molecule has 0 aliphatic carbocycles. The highest BCUT2D eigenvalue weighted by atomic mass is 16.3. The van der Waals surface area contributed by atoms with Crippen LogP contribution >= 0.6 is 0 Å². The fourth-order valence-corrected chi connectivity index (χ4v) is 6.64. The Morgan fingerprint density at radius 3 is 1.43 bits per heavy atom. The zero-order chi connectivity index (χ0) is 37.3. The largest absolute Gasteiger partial charge is 0.456 e. The monoisotopic (exact) mass is 651 g/mol. The van der Waals surface area contributed by atoms with Gasteiger partial charge in [0.05, 0.1) is 0 Å². The lowest BCUT2D eigenvalue weighted by Crippen LogP contribution is -2.55. The topological polar surface area (TPSA) is 51.8 Å². The predicted molar refractivity (Wildman–Crippen MR) is 228 cm³/mol. The number of fused-ring (bicyclic) bond motifs is 3. The summed E-state index contributed by atoms with van der Waals surface area (Å²) >= 11 is 0. The number of hydrogen-bond acceptors (Lipinski definition) is 4. The summed E-state index contributed by atoms with van der Waals surface area (Å²) in [6, 6.07) is 28.4. The van der Waals surface area contributed by atoms with Gasteiger partial charge in [0.15, 0.2) is 17.5 Å². The van der Waals surface area contributed by atoms with Crippen LogP contribution in [0.1, 0.15) is 0 Å². The Labute approximate surface area is 320 Å². The summed E-state index contributed by atoms with van der Waals surface area (Å²) in [6.07, 6.45) is 0. The standard InChI is InChI=1S/C39H15B10N3O/c40-27-24(28(41)32(45)35(48)31(27)44)17-8-4-9-19(14-17)38-50-37(16-6-2-1-3-7-16)51-39(52-38)21-10-5-11-22-26(21)20-13-12-18(15-23(20)53-22)25-29(42)33(46)36(49)34(47)30(25)43/h1-15H. The molecular weight excluding hydrogens is 635 g/mol. The van der Waals surface area contributed by atoms with Gasteiger partial charge in [-0.15, -0.1) is 32.8 Å². The predicted octanol–water partition coefficient (Wildman–Crippen LogP) is -1.96. The Morgan fingerprint density at radius 2 is 0.830 bits per heavy atom. The average Bonchev–Trinajstić information content (AvgIpc) is 3.56. The second kappa shape index (κ2) is 13.3. The van der Waals surface area contributed by atoms with Crippen LogP contribution in [-0.4, -0.2) is 93.4 Å². The maximum atomic E-state index is 6.42. The molecule has 14 heteroatoms. The van der Waals surface area contributed by atoms with E-state index in [0.717, 1.165) is 21.9 Å². The van der Waals surface area contributed by atoms with Gasteiger partial charge >= 0.3 is 0 Å². The van der Waals surface area contributed by atoms with Crippen LogP contribution in [0.15, 0.2) is 95.4 Å². The van der Waals surface area contributed by atoms with Gasteiger partial charge in [-0.05, 0) is 46.5 Å². The minimum atomic E-state index is 0.139. The van der Waals surface area contributed by atoms with E-state index in [9.17, 15) is 0 Å². The lowest BCUT2D eigenvalue weighted by atomic mass is 9.59. The van der Waals surface area contributed by atoms with Crippen LogP contribution in [0.5, 0.6) is 0 Å². The van der Waals surface area contributed by atoms with Crippen molar-refractivity contribution in [2.75, 3.05) is 0 Å². The molecule has 6 aromatic carbocycles. The summed E-state index contributed by atoms with van der Waals surface area (Å²) in [5.74, 6) is 1.29. The van der Waals surface area contributed by atoms with E-state index in [2.05, 4.69) is 0 Å². The minimum Gasteiger partial charge on any atom is -0.456 e. The fourth-order valence-electron chi connectivity index (χ4n) is 6.64. The molecule has 222 valence electrons.